The lowest BCUT2D eigenvalue weighted by Gasteiger charge is -2.32. The smallest absolute Gasteiger partial charge is 0.278 e. The van der Waals surface area contributed by atoms with Gasteiger partial charge in [0.05, 0.1) is 23.4 Å². The first-order chi connectivity index (χ1) is 25.4. The largest absolute Gasteiger partial charge is 0.384 e. The quantitative estimate of drug-likeness (QED) is 0.111. The number of anilines is 1. The molecule has 3 N–H and O–H groups in total. The molecule has 7 rings (SSSR count). The molecule has 0 saturated carbocycles. The molecule has 15 heteroatoms. The second kappa shape index (κ2) is 14.5. The highest BCUT2D eigenvalue weighted by Gasteiger charge is 2.45. The number of fused-ring (bicyclic) bond motifs is 2. The van der Waals surface area contributed by atoms with Crippen LogP contribution in [0.4, 0.5) is 5.95 Å². The first-order valence-corrected chi connectivity index (χ1v) is 18.1. The predicted octanol–water partition coefficient (Wildman–Crippen LogP) is 2.69. The summed E-state index contributed by atoms with van der Waals surface area (Å²) in [4.78, 5) is 81.3. The molecule has 0 aliphatic carbocycles. The summed E-state index contributed by atoms with van der Waals surface area (Å²) in [5, 5.41) is 16.6. The Bertz CT molecular complexity index is 2180. The molecular weight excluding hydrogens is 678 g/mol. The Morgan fingerprint density at radius 2 is 1.77 bits per heavy atom. The number of benzene rings is 1. The molecule has 0 spiro atoms. The molecule has 2 fully saturated rings. The molecule has 2 saturated heterocycles. The SMILES string of the molecule is C=CCn1c(=O)c2cnc(NC3CCN(CCCCc4cccc5c4C(=O)N(C4CCC(=O)NC4=O)C5=O)CC3)nc2n1-c1cccc(C(C)(C)O)n1. The van der Waals surface area contributed by atoms with Gasteiger partial charge in [0, 0.05) is 31.7 Å². The van der Waals surface area contributed by atoms with Crippen LogP contribution in [0.15, 0.2) is 60.0 Å². The van der Waals surface area contributed by atoms with E-state index in [0.29, 0.717) is 46.0 Å². The van der Waals surface area contributed by atoms with Crippen LogP contribution in [0.2, 0.25) is 0 Å². The average Bonchev–Trinajstić information content (AvgIpc) is 3.55. The van der Waals surface area contributed by atoms with Crippen molar-refractivity contribution in [1.82, 2.24) is 39.4 Å². The van der Waals surface area contributed by atoms with E-state index in [1.165, 1.54) is 10.9 Å². The zero-order chi connectivity index (χ0) is 37.4. The Hall–Kier alpha value is -5.54. The number of nitrogens with zero attached hydrogens (tertiary/aromatic N) is 7. The minimum atomic E-state index is -1.17. The van der Waals surface area contributed by atoms with Crippen LogP contribution in [0.25, 0.3) is 16.9 Å². The molecule has 3 aromatic heterocycles. The summed E-state index contributed by atoms with van der Waals surface area (Å²) in [6.45, 7) is 10.00. The summed E-state index contributed by atoms with van der Waals surface area (Å²) in [7, 11) is 0. The molecule has 3 aliphatic heterocycles. The number of carbonyl (C=O) groups is 4. The van der Waals surface area contributed by atoms with Crippen molar-refractivity contribution in [2.45, 2.75) is 83.0 Å². The fourth-order valence-corrected chi connectivity index (χ4v) is 7.43. The Morgan fingerprint density at radius 1 is 1.00 bits per heavy atom. The van der Waals surface area contributed by atoms with Gasteiger partial charge in [-0.3, -0.25) is 34.2 Å². The van der Waals surface area contributed by atoms with E-state index < -0.39 is 35.3 Å². The van der Waals surface area contributed by atoms with Gasteiger partial charge >= 0.3 is 0 Å². The van der Waals surface area contributed by atoms with Gasteiger partial charge in [0.2, 0.25) is 17.8 Å². The number of piperidine rings is 2. The Labute approximate surface area is 305 Å². The number of imide groups is 2. The first kappa shape index (κ1) is 35.8. The van der Waals surface area contributed by atoms with Gasteiger partial charge in [-0.1, -0.05) is 24.3 Å². The summed E-state index contributed by atoms with van der Waals surface area (Å²) in [5.41, 5.74) is 0.898. The number of amides is 4. The van der Waals surface area contributed by atoms with E-state index in [1.807, 2.05) is 6.07 Å². The molecule has 1 aromatic carbocycles. The number of pyridine rings is 1. The van der Waals surface area contributed by atoms with Crippen molar-refractivity contribution in [2.24, 2.45) is 0 Å². The topological polar surface area (TPSA) is 185 Å². The van der Waals surface area contributed by atoms with Crippen LogP contribution < -0.4 is 16.2 Å². The summed E-state index contributed by atoms with van der Waals surface area (Å²) in [6, 6.07) is 9.71. The second-order valence-corrected chi connectivity index (χ2v) is 14.4. The number of likely N-dealkylation sites (tertiary alicyclic amines) is 1. The van der Waals surface area contributed by atoms with E-state index in [4.69, 9.17) is 4.98 Å². The normalized spacial score (nSPS) is 18.5. The lowest BCUT2D eigenvalue weighted by Crippen LogP contribution is -2.54. The van der Waals surface area contributed by atoms with Gasteiger partial charge in [-0.25, -0.2) is 19.3 Å². The molecule has 276 valence electrons. The maximum absolute atomic E-state index is 13.4. The van der Waals surface area contributed by atoms with E-state index in [0.717, 1.165) is 55.8 Å². The molecule has 6 heterocycles. The molecule has 1 unspecified atom stereocenters. The van der Waals surface area contributed by atoms with E-state index >= 15 is 0 Å². The molecule has 0 radical (unpaired) electrons. The number of nitrogens with one attached hydrogen (secondary N) is 2. The van der Waals surface area contributed by atoms with Crippen LogP contribution in [0.1, 0.15) is 84.3 Å². The third kappa shape index (κ3) is 7.01. The van der Waals surface area contributed by atoms with Crippen LogP contribution >= 0.6 is 0 Å². The van der Waals surface area contributed by atoms with Gasteiger partial charge in [-0.2, -0.15) is 4.98 Å². The standard InChI is InChI=1S/C38H43N9O6/c1-4-18-45-34(50)26-22-39-37(43-32(26)47(45)29-13-8-12-28(41-29)38(2,3)53)40-24-16-20-44(21-17-24)19-6-5-9-23-10-7-11-25-31(23)36(52)46(35(25)51)27-14-15-30(48)42-33(27)49/h4,7-8,10-13,22,24,27,53H,1,5-6,9,14-21H2,2-3H3,(H,39,40,43)(H,42,48,49). The van der Waals surface area contributed by atoms with Gasteiger partial charge in [0.15, 0.2) is 11.5 Å². The number of hydrogen-bond acceptors (Lipinski definition) is 11. The maximum atomic E-state index is 13.4. The number of unbranched alkanes of at least 4 members (excludes halogenated alkanes) is 1. The molecule has 0 bridgehead atoms. The first-order valence-electron chi connectivity index (χ1n) is 18.1. The van der Waals surface area contributed by atoms with E-state index in [2.05, 4.69) is 32.1 Å². The van der Waals surface area contributed by atoms with Gasteiger partial charge in [-0.15, -0.1) is 6.58 Å². The zero-order valence-electron chi connectivity index (χ0n) is 29.9. The minimum absolute atomic E-state index is 0.0842. The van der Waals surface area contributed by atoms with Crippen molar-refractivity contribution in [3.8, 4) is 5.82 Å². The highest BCUT2D eigenvalue weighted by Crippen LogP contribution is 2.31. The highest BCUT2D eigenvalue weighted by atomic mass is 16.3. The molecular formula is C38H43N9O6. The van der Waals surface area contributed by atoms with E-state index in [9.17, 15) is 29.1 Å². The van der Waals surface area contributed by atoms with Crippen molar-refractivity contribution in [1.29, 1.82) is 0 Å². The van der Waals surface area contributed by atoms with Crippen LogP contribution in [0.5, 0.6) is 0 Å². The maximum Gasteiger partial charge on any atom is 0.278 e. The molecule has 3 aliphatic rings. The fourth-order valence-electron chi connectivity index (χ4n) is 7.43. The number of rotatable bonds is 12. The van der Waals surface area contributed by atoms with Gasteiger partial charge in [0.25, 0.3) is 17.4 Å². The summed E-state index contributed by atoms with van der Waals surface area (Å²) >= 11 is 0. The number of carbonyl (C=O) groups excluding carboxylic acids is 4. The summed E-state index contributed by atoms with van der Waals surface area (Å²) in [6.07, 6.45) is 7.49. The third-order valence-electron chi connectivity index (χ3n) is 10.2. The van der Waals surface area contributed by atoms with E-state index in [-0.39, 0.29) is 31.0 Å². The average molecular weight is 722 g/mol. The molecule has 53 heavy (non-hydrogen) atoms. The number of hydrogen-bond donors (Lipinski definition) is 3. The van der Waals surface area contributed by atoms with Gasteiger partial charge in [-0.05, 0) is 82.7 Å². The highest BCUT2D eigenvalue weighted by molar-refractivity contribution is 6.24. The van der Waals surface area contributed by atoms with Crippen LogP contribution in [-0.2, 0) is 28.2 Å². The lowest BCUT2D eigenvalue weighted by atomic mass is 9.98. The minimum Gasteiger partial charge on any atom is -0.384 e. The number of allylic oxidation sites excluding steroid dienone is 1. The van der Waals surface area contributed by atoms with Crippen LogP contribution in [0, 0.1) is 0 Å². The zero-order valence-corrected chi connectivity index (χ0v) is 29.9. The molecule has 15 nitrogen and oxygen atoms in total. The van der Waals surface area contributed by atoms with Crippen LogP contribution in [-0.4, -0.2) is 94.6 Å². The van der Waals surface area contributed by atoms with Crippen molar-refractivity contribution in [3.63, 3.8) is 0 Å². The van der Waals surface area contributed by atoms with Crippen LogP contribution in [0.3, 0.4) is 0 Å². The number of aryl methyl sites for hydroxylation is 1. The Morgan fingerprint density at radius 3 is 2.51 bits per heavy atom. The van der Waals surface area contributed by atoms with Crippen molar-refractivity contribution < 1.29 is 24.3 Å². The van der Waals surface area contributed by atoms with Crippen molar-refractivity contribution in [3.05, 3.63) is 88.0 Å². The van der Waals surface area contributed by atoms with Crippen molar-refractivity contribution in [2.75, 3.05) is 25.0 Å². The molecule has 4 amide bonds. The number of aliphatic hydroxyl groups is 1. The summed E-state index contributed by atoms with van der Waals surface area (Å²) in [5.74, 6) is -1.11. The monoisotopic (exact) mass is 721 g/mol. The van der Waals surface area contributed by atoms with Gasteiger partial charge < -0.3 is 15.3 Å². The fraction of sp³-hybridized carbons (Fsp3) is 0.421. The van der Waals surface area contributed by atoms with Gasteiger partial charge in [0.1, 0.15) is 17.0 Å². The Kier molecular flexibility index (Phi) is 9.79. The second-order valence-electron chi connectivity index (χ2n) is 14.4. The Balaban J connectivity index is 0.951. The lowest BCUT2D eigenvalue weighted by molar-refractivity contribution is -0.136. The number of aromatic nitrogens is 5. The molecule has 1 atom stereocenters. The predicted molar refractivity (Wildman–Crippen MR) is 195 cm³/mol. The van der Waals surface area contributed by atoms with Crippen molar-refractivity contribution >= 4 is 40.6 Å². The molecule has 4 aromatic rings. The van der Waals surface area contributed by atoms with E-state index in [1.54, 1.807) is 54.9 Å². The third-order valence-corrected chi connectivity index (χ3v) is 10.2. The summed E-state index contributed by atoms with van der Waals surface area (Å²) < 4.78 is 3.15.